The van der Waals surface area contributed by atoms with Crippen molar-refractivity contribution in [3.05, 3.63) is 48.5 Å². The van der Waals surface area contributed by atoms with E-state index in [-0.39, 0.29) is 17.9 Å². The summed E-state index contributed by atoms with van der Waals surface area (Å²) in [4.78, 5) is 26.4. The van der Waals surface area contributed by atoms with Gasteiger partial charge in [-0.1, -0.05) is 31.2 Å². The first kappa shape index (κ1) is 20.7. The molecule has 154 valence electrons. The first-order chi connectivity index (χ1) is 14.1. The van der Waals surface area contributed by atoms with Crippen molar-refractivity contribution in [1.29, 1.82) is 0 Å². The van der Waals surface area contributed by atoms with Gasteiger partial charge < -0.3 is 19.7 Å². The second-order valence-electron chi connectivity index (χ2n) is 7.20. The van der Waals surface area contributed by atoms with Crippen molar-refractivity contribution in [3.8, 4) is 16.9 Å². The standard InChI is InChI=1S/C23H28N2O4/c1-3-14-29-23(27)25-13-5-7-19(16-25)22(26)24-20-11-9-17(10-12-20)18-6-4-8-21(15-18)28-2/h4,6,8-12,15,19H,3,5,7,13-14,16H2,1-2H3,(H,24,26). The molecule has 1 saturated heterocycles. The van der Waals surface area contributed by atoms with Gasteiger partial charge in [-0.15, -0.1) is 0 Å². The van der Waals surface area contributed by atoms with Gasteiger partial charge in [-0.3, -0.25) is 4.79 Å². The molecule has 6 nitrogen and oxygen atoms in total. The molecule has 2 aromatic rings. The average Bonchev–Trinajstić information content (AvgIpc) is 2.78. The fourth-order valence-electron chi connectivity index (χ4n) is 3.43. The number of methoxy groups -OCH3 is 1. The number of nitrogens with zero attached hydrogens (tertiary/aromatic N) is 1. The lowest BCUT2D eigenvalue weighted by atomic mass is 9.97. The summed E-state index contributed by atoms with van der Waals surface area (Å²) in [6, 6.07) is 15.6. The van der Waals surface area contributed by atoms with Gasteiger partial charge >= 0.3 is 6.09 Å². The molecule has 1 unspecified atom stereocenters. The fraction of sp³-hybridized carbons (Fsp3) is 0.391. The molecule has 1 atom stereocenters. The lowest BCUT2D eigenvalue weighted by Gasteiger charge is -2.31. The van der Waals surface area contributed by atoms with Crippen molar-refractivity contribution in [3.63, 3.8) is 0 Å². The topological polar surface area (TPSA) is 67.9 Å². The van der Waals surface area contributed by atoms with Crippen LogP contribution in [0.4, 0.5) is 10.5 Å². The largest absolute Gasteiger partial charge is 0.497 e. The molecule has 0 saturated carbocycles. The Kier molecular flexibility index (Phi) is 7.11. The number of ether oxygens (including phenoxy) is 2. The van der Waals surface area contributed by atoms with E-state index in [2.05, 4.69) is 5.32 Å². The predicted molar refractivity (Wildman–Crippen MR) is 113 cm³/mol. The second kappa shape index (κ2) is 9.96. The summed E-state index contributed by atoms with van der Waals surface area (Å²) >= 11 is 0. The summed E-state index contributed by atoms with van der Waals surface area (Å²) in [5, 5.41) is 2.97. The van der Waals surface area contributed by atoms with Crippen LogP contribution in [0.5, 0.6) is 5.75 Å². The van der Waals surface area contributed by atoms with Crippen molar-refractivity contribution >= 4 is 17.7 Å². The highest BCUT2D eigenvalue weighted by atomic mass is 16.6. The molecule has 1 aliphatic heterocycles. The van der Waals surface area contributed by atoms with Gasteiger partial charge in [0.1, 0.15) is 5.75 Å². The van der Waals surface area contributed by atoms with E-state index in [4.69, 9.17) is 9.47 Å². The number of likely N-dealkylation sites (tertiary alicyclic amines) is 1. The van der Waals surface area contributed by atoms with Crippen molar-refractivity contribution in [1.82, 2.24) is 4.90 Å². The average molecular weight is 396 g/mol. The number of amides is 2. The molecule has 1 N–H and O–H groups in total. The number of rotatable bonds is 6. The van der Waals surface area contributed by atoms with E-state index in [1.807, 2.05) is 55.5 Å². The van der Waals surface area contributed by atoms with E-state index in [1.165, 1.54) is 0 Å². The summed E-state index contributed by atoms with van der Waals surface area (Å²) in [6.45, 7) is 3.41. The molecule has 1 heterocycles. The van der Waals surface area contributed by atoms with Crippen LogP contribution < -0.4 is 10.1 Å². The Morgan fingerprint density at radius 3 is 2.66 bits per heavy atom. The first-order valence-electron chi connectivity index (χ1n) is 10.1. The molecule has 3 rings (SSSR count). The fourth-order valence-corrected chi connectivity index (χ4v) is 3.43. The maximum atomic E-state index is 12.7. The number of anilines is 1. The van der Waals surface area contributed by atoms with Gasteiger partial charge in [-0.05, 0) is 54.7 Å². The Morgan fingerprint density at radius 2 is 1.93 bits per heavy atom. The summed E-state index contributed by atoms with van der Waals surface area (Å²) in [7, 11) is 1.65. The molecule has 29 heavy (non-hydrogen) atoms. The highest BCUT2D eigenvalue weighted by Gasteiger charge is 2.29. The maximum absolute atomic E-state index is 12.7. The van der Waals surface area contributed by atoms with Gasteiger partial charge in [-0.2, -0.15) is 0 Å². The first-order valence-corrected chi connectivity index (χ1v) is 10.1. The molecular formula is C23H28N2O4. The quantitative estimate of drug-likeness (QED) is 0.777. The van der Waals surface area contributed by atoms with Gasteiger partial charge in [0.05, 0.1) is 19.6 Å². The monoisotopic (exact) mass is 396 g/mol. The van der Waals surface area contributed by atoms with Crippen LogP contribution in [-0.4, -0.2) is 43.7 Å². The molecule has 0 bridgehead atoms. The van der Waals surface area contributed by atoms with Crippen molar-refractivity contribution in [2.75, 3.05) is 32.1 Å². The molecule has 2 aromatic carbocycles. The van der Waals surface area contributed by atoms with Crippen LogP contribution in [-0.2, 0) is 9.53 Å². The second-order valence-corrected chi connectivity index (χ2v) is 7.20. The van der Waals surface area contributed by atoms with Gasteiger partial charge in [-0.25, -0.2) is 4.79 Å². The molecule has 6 heteroatoms. The van der Waals surface area contributed by atoms with Crippen LogP contribution in [0.3, 0.4) is 0 Å². The molecular weight excluding hydrogens is 368 g/mol. The van der Waals surface area contributed by atoms with Crippen LogP contribution in [0.1, 0.15) is 26.2 Å². The zero-order chi connectivity index (χ0) is 20.6. The summed E-state index contributed by atoms with van der Waals surface area (Å²) < 4.78 is 10.5. The number of hydrogen-bond acceptors (Lipinski definition) is 4. The van der Waals surface area contributed by atoms with Crippen LogP contribution >= 0.6 is 0 Å². The zero-order valence-corrected chi connectivity index (χ0v) is 17.0. The van der Waals surface area contributed by atoms with Crippen LogP contribution in [0, 0.1) is 5.92 Å². The molecule has 1 fully saturated rings. The lowest BCUT2D eigenvalue weighted by molar-refractivity contribution is -0.121. The number of carbonyl (C=O) groups excluding carboxylic acids is 2. The van der Waals surface area contributed by atoms with Crippen molar-refractivity contribution in [2.24, 2.45) is 5.92 Å². The molecule has 1 aliphatic rings. The molecule has 0 radical (unpaired) electrons. The number of carbonyl (C=O) groups is 2. The molecule has 0 spiro atoms. The minimum absolute atomic E-state index is 0.0629. The zero-order valence-electron chi connectivity index (χ0n) is 17.0. The number of hydrogen-bond donors (Lipinski definition) is 1. The van der Waals surface area contributed by atoms with Gasteiger partial charge in [0.2, 0.25) is 5.91 Å². The predicted octanol–water partition coefficient (Wildman–Crippen LogP) is 4.56. The van der Waals surface area contributed by atoms with E-state index in [9.17, 15) is 9.59 Å². The number of piperidine rings is 1. The Morgan fingerprint density at radius 1 is 1.14 bits per heavy atom. The molecule has 0 aliphatic carbocycles. The van der Waals surface area contributed by atoms with Crippen LogP contribution in [0.25, 0.3) is 11.1 Å². The molecule has 2 amide bonds. The number of nitrogens with one attached hydrogen (secondary N) is 1. The van der Waals surface area contributed by atoms with E-state index >= 15 is 0 Å². The summed E-state index contributed by atoms with van der Waals surface area (Å²) in [6.07, 6.45) is 2.03. The van der Waals surface area contributed by atoms with E-state index in [0.29, 0.717) is 19.7 Å². The van der Waals surface area contributed by atoms with E-state index < -0.39 is 0 Å². The normalized spacial score (nSPS) is 16.2. The van der Waals surface area contributed by atoms with Crippen molar-refractivity contribution in [2.45, 2.75) is 26.2 Å². The highest BCUT2D eigenvalue weighted by molar-refractivity contribution is 5.93. The third-order valence-corrected chi connectivity index (χ3v) is 5.04. The van der Waals surface area contributed by atoms with E-state index in [0.717, 1.165) is 41.8 Å². The third kappa shape index (κ3) is 5.50. The van der Waals surface area contributed by atoms with Crippen LogP contribution in [0.15, 0.2) is 48.5 Å². The lowest BCUT2D eigenvalue weighted by Crippen LogP contribution is -2.44. The summed E-state index contributed by atoms with van der Waals surface area (Å²) in [5.74, 6) is 0.516. The highest BCUT2D eigenvalue weighted by Crippen LogP contribution is 2.26. The van der Waals surface area contributed by atoms with Gasteiger partial charge in [0, 0.05) is 18.8 Å². The smallest absolute Gasteiger partial charge is 0.409 e. The van der Waals surface area contributed by atoms with E-state index in [1.54, 1.807) is 12.0 Å². The Hall–Kier alpha value is -3.02. The Bertz CT molecular complexity index is 835. The van der Waals surface area contributed by atoms with Crippen molar-refractivity contribution < 1.29 is 19.1 Å². The van der Waals surface area contributed by atoms with Gasteiger partial charge in [0.25, 0.3) is 0 Å². The minimum Gasteiger partial charge on any atom is -0.497 e. The third-order valence-electron chi connectivity index (χ3n) is 5.04. The Labute approximate surface area is 171 Å². The summed E-state index contributed by atoms with van der Waals surface area (Å²) in [5.41, 5.74) is 2.84. The number of benzene rings is 2. The SMILES string of the molecule is CCCOC(=O)N1CCCC(C(=O)Nc2ccc(-c3cccc(OC)c3)cc2)C1. The van der Waals surface area contributed by atoms with Crippen LogP contribution in [0.2, 0.25) is 0 Å². The molecule has 0 aromatic heterocycles. The maximum Gasteiger partial charge on any atom is 0.409 e. The Balaban J connectivity index is 1.59. The van der Waals surface area contributed by atoms with Gasteiger partial charge in [0.15, 0.2) is 0 Å². The minimum atomic E-state index is -0.327.